The van der Waals surface area contributed by atoms with E-state index in [-0.39, 0.29) is 0 Å². The number of hydrogen-bond acceptors (Lipinski definition) is 1. The lowest BCUT2D eigenvalue weighted by Crippen LogP contribution is -2.27. The lowest BCUT2D eigenvalue weighted by Gasteiger charge is -2.21. The van der Waals surface area contributed by atoms with Gasteiger partial charge in [0, 0.05) is 0 Å². The van der Waals surface area contributed by atoms with Gasteiger partial charge in [-0.3, -0.25) is 0 Å². The van der Waals surface area contributed by atoms with Crippen LogP contribution in [0.4, 0.5) is 0 Å². The summed E-state index contributed by atoms with van der Waals surface area (Å²) >= 11 is 0. The van der Waals surface area contributed by atoms with Crippen LogP contribution in [0, 0.1) is 23.7 Å². The zero-order valence-electron chi connectivity index (χ0n) is 11.2. The van der Waals surface area contributed by atoms with Crippen LogP contribution in [0.2, 0.25) is 0 Å². The summed E-state index contributed by atoms with van der Waals surface area (Å²) in [5.41, 5.74) is 0. The number of rotatable bonds is 7. The monoisotopic (exact) mass is 223 g/mol. The SMILES string of the molecule is CC(C)CCCCNCC1CC2CCC1C2. The lowest BCUT2D eigenvalue weighted by molar-refractivity contribution is 0.318. The van der Waals surface area contributed by atoms with Crippen molar-refractivity contribution < 1.29 is 0 Å². The Morgan fingerprint density at radius 2 is 2.00 bits per heavy atom. The molecule has 0 aromatic carbocycles. The predicted octanol–water partition coefficient (Wildman–Crippen LogP) is 3.84. The molecule has 2 aliphatic rings. The fourth-order valence-electron chi connectivity index (χ4n) is 3.72. The molecular formula is C15H29N. The molecule has 0 heterocycles. The van der Waals surface area contributed by atoms with Gasteiger partial charge in [0.25, 0.3) is 0 Å². The van der Waals surface area contributed by atoms with Crippen LogP contribution >= 0.6 is 0 Å². The van der Waals surface area contributed by atoms with E-state index < -0.39 is 0 Å². The minimum atomic E-state index is 0.880. The zero-order chi connectivity index (χ0) is 11.4. The minimum absolute atomic E-state index is 0.880. The third-order valence-electron chi connectivity index (χ3n) is 4.68. The number of hydrogen-bond donors (Lipinski definition) is 1. The molecule has 0 radical (unpaired) electrons. The van der Waals surface area contributed by atoms with E-state index in [0.29, 0.717) is 0 Å². The summed E-state index contributed by atoms with van der Waals surface area (Å²) in [7, 11) is 0. The highest BCUT2D eigenvalue weighted by Crippen LogP contribution is 2.47. The van der Waals surface area contributed by atoms with Gasteiger partial charge in [0.1, 0.15) is 0 Å². The molecule has 0 aromatic rings. The van der Waals surface area contributed by atoms with E-state index in [1.807, 2.05) is 0 Å². The molecule has 2 bridgehead atoms. The van der Waals surface area contributed by atoms with Crippen LogP contribution in [0.15, 0.2) is 0 Å². The van der Waals surface area contributed by atoms with E-state index in [9.17, 15) is 0 Å². The zero-order valence-corrected chi connectivity index (χ0v) is 11.2. The second-order valence-corrected chi connectivity index (χ2v) is 6.53. The summed E-state index contributed by atoms with van der Waals surface area (Å²) in [6.07, 6.45) is 10.3. The van der Waals surface area contributed by atoms with Crippen molar-refractivity contribution in [2.75, 3.05) is 13.1 Å². The summed E-state index contributed by atoms with van der Waals surface area (Å²) in [4.78, 5) is 0. The molecule has 0 saturated heterocycles. The van der Waals surface area contributed by atoms with E-state index in [1.165, 1.54) is 51.6 Å². The van der Waals surface area contributed by atoms with Crippen LogP contribution in [0.25, 0.3) is 0 Å². The molecular weight excluding hydrogens is 194 g/mol. The second-order valence-electron chi connectivity index (χ2n) is 6.53. The third-order valence-corrected chi connectivity index (χ3v) is 4.68. The third kappa shape index (κ3) is 3.48. The highest BCUT2D eigenvalue weighted by atomic mass is 14.9. The number of unbranched alkanes of at least 4 members (excludes halogenated alkanes) is 1. The van der Waals surface area contributed by atoms with Crippen LogP contribution in [0.5, 0.6) is 0 Å². The van der Waals surface area contributed by atoms with Crippen molar-refractivity contribution in [1.29, 1.82) is 0 Å². The van der Waals surface area contributed by atoms with Gasteiger partial charge in [0.15, 0.2) is 0 Å². The van der Waals surface area contributed by atoms with Crippen LogP contribution in [0.3, 0.4) is 0 Å². The normalized spacial score (nSPS) is 32.8. The Bertz CT molecular complexity index is 200. The van der Waals surface area contributed by atoms with Crippen molar-refractivity contribution >= 4 is 0 Å². The van der Waals surface area contributed by atoms with Crippen molar-refractivity contribution in [3.8, 4) is 0 Å². The van der Waals surface area contributed by atoms with E-state index in [0.717, 1.165) is 23.7 Å². The quantitative estimate of drug-likeness (QED) is 0.647. The fourth-order valence-corrected chi connectivity index (χ4v) is 3.72. The molecule has 1 nitrogen and oxygen atoms in total. The first-order chi connectivity index (χ1) is 7.75. The van der Waals surface area contributed by atoms with Gasteiger partial charge in [0.2, 0.25) is 0 Å². The Kier molecular flexibility index (Phi) is 4.69. The Hall–Kier alpha value is -0.0400. The Balaban J connectivity index is 1.46. The number of nitrogens with one attached hydrogen (secondary N) is 1. The van der Waals surface area contributed by atoms with Crippen molar-refractivity contribution in [3.63, 3.8) is 0 Å². The summed E-state index contributed by atoms with van der Waals surface area (Å²) in [6.45, 7) is 7.20. The van der Waals surface area contributed by atoms with Crippen LogP contribution in [-0.4, -0.2) is 13.1 Å². The van der Waals surface area contributed by atoms with Crippen molar-refractivity contribution in [2.24, 2.45) is 23.7 Å². The van der Waals surface area contributed by atoms with Gasteiger partial charge >= 0.3 is 0 Å². The van der Waals surface area contributed by atoms with Crippen molar-refractivity contribution in [1.82, 2.24) is 5.32 Å². The molecule has 2 saturated carbocycles. The first-order valence-electron chi connectivity index (χ1n) is 7.46. The average molecular weight is 223 g/mol. The molecule has 1 N–H and O–H groups in total. The maximum Gasteiger partial charge on any atom is -0.00178 e. The molecule has 94 valence electrons. The molecule has 16 heavy (non-hydrogen) atoms. The molecule has 2 aliphatic carbocycles. The minimum Gasteiger partial charge on any atom is -0.316 e. The Labute approximate surface area is 101 Å². The maximum atomic E-state index is 3.69. The predicted molar refractivity (Wildman–Crippen MR) is 70.5 cm³/mol. The largest absolute Gasteiger partial charge is 0.316 e. The molecule has 2 fully saturated rings. The van der Waals surface area contributed by atoms with E-state index in [1.54, 1.807) is 6.42 Å². The molecule has 2 rings (SSSR count). The van der Waals surface area contributed by atoms with Gasteiger partial charge in [0.05, 0.1) is 0 Å². The van der Waals surface area contributed by atoms with Crippen molar-refractivity contribution in [3.05, 3.63) is 0 Å². The number of fused-ring (bicyclic) bond motifs is 2. The van der Waals surface area contributed by atoms with E-state index >= 15 is 0 Å². The maximum absolute atomic E-state index is 3.69. The fraction of sp³-hybridized carbons (Fsp3) is 1.00. The molecule has 0 amide bonds. The van der Waals surface area contributed by atoms with Gasteiger partial charge < -0.3 is 5.32 Å². The smallest absolute Gasteiger partial charge is 0.00178 e. The highest BCUT2D eigenvalue weighted by Gasteiger charge is 2.38. The summed E-state index contributed by atoms with van der Waals surface area (Å²) in [5, 5.41) is 3.69. The topological polar surface area (TPSA) is 12.0 Å². The lowest BCUT2D eigenvalue weighted by atomic mass is 9.89. The summed E-state index contributed by atoms with van der Waals surface area (Å²) in [5.74, 6) is 4.11. The summed E-state index contributed by atoms with van der Waals surface area (Å²) < 4.78 is 0. The molecule has 0 aromatic heterocycles. The molecule has 3 atom stereocenters. The molecule has 0 spiro atoms. The van der Waals surface area contributed by atoms with Crippen LogP contribution in [0.1, 0.15) is 58.8 Å². The molecule has 0 aliphatic heterocycles. The summed E-state index contributed by atoms with van der Waals surface area (Å²) in [6, 6.07) is 0. The molecule has 3 unspecified atom stereocenters. The van der Waals surface area contributed by atoms with E-state index in [2.05, 4.69) is 19.2 Å². The van der Waals surface area contributed by atoms with Crippen molar-refractivity contribution in [2.45, 2.75) is 58.8 Å². The average Bonchev–Trinajstić information content (AvgIpc) is 2.84. The Morgan fingerprint density at radius 1 is 1.12 bits per heavy atom. The molecule has 1 heteroatoms. The first-order valence-corrected chi connectivity index (χ1v) is 7.46. The standard InChI is InChI=1S/C15H29N/c1-12(2)5-3-4-8-16-11-15-10-13-6-7-14(15)9-13/h12-16H,3-11H2,1-2H3. The van der Waals surface area contributed by atoms with Gasteiger partial charge in [-0.05, 0) is 62.4 Å². The first kappa shape index (κ1) is 12.4. The van der Waals surface area contributed by atoms with Crippen LogP contribution in [-0.2, 0) is 0 Å². The van der Waals surface area contributed by atoms with Crippen LogP contribution < -0.4 is 5.32 Å². The van der Waals surface area contributed by atoms with Gasteiger partial charge in [-0.15, -0.1) is 0 Å². The van der Waals surface area contributed by atoms with E-state index in [4.69, 9.17) is 0 Å². The second kappa shape index (κ2) is 6.05. The van der Waals surface area contributed by atoms with Gasteiger partial charge in [-0.2, -0.15) is 0 Å². The van der Waals surface area contributed by atoms with Gasteiger partial charge in [-0.25, -0.2) is 0 Å². The highest BCUT2D eigenvalue weighted by molar-refractivity contribution is 4.90. The Morgan fingerprint density at radius 3 is 2.62 bits per heavy atom. The van der Waals surface area contributed by atoms with Gasteiger partial charge in [-0.1, -0.05) is 33.1 Å².